The van der Waals surface area contributed by atoms with Crippen molar-refractivity contribution in [1.29, 1.82) is 0 Å². The third kappa shape index (κ3) is 7.91. The van der Waals surface area contributed by atoms with Gasteiger partial charge in [0, 0.05) is 36.9 Å². The average molecular weight is 439 g/mol. The maximum absolute atomic E-state index is 12.3. The normalized spacial score (nSPS) is 12.6. The second kappa shape index (κ2) is 12.7. The molecule has 7 nitrogen and oxygen atoms in total. The molecule has 1 amide bonds. The predicted molar refractivity (Wildman–Crippen MR) is 122 cm³/mol. The van der Waals surface area contributed by atoms with E-state index >= 15 is 0 Å². The van der Waals surface area contributed by atoms with Crippen LogP contribution in [0.1, 0.15) is 34.0 Å². The topological polar surface area (TPSA) is 99.1 Å². The summed E-state index contributed by atoms with van der Waals surface area (Å²) in [6.07, 6.45) is -1.11. The van der Waals surface area contributed by atoms with Crippen LogP contribution in [0.3, 0.4) is 0 Å². The Kier molecular flexibility index (Phi) is 10.1. The Balaban J connectivity index is 1.98. The number of carbonyl (C=O) groups excluding carboxylic acids is 2. The molecule has 0 bridgehead atoms. The highest BCUT2D eigenvalue weighted by molar-refractivity contribution is 5.98. The number of aliphatic hydroxyl groups is 2. The van der Waals surface area contributed by atoms with Crippen LogP contribution >= 0.6 is 0 Å². The van der Waals surface area contributed by atoms with E-state index in [0.29, 0.717) is 12.2 Å². The molecule has 0 unspecified atom stereocenters. The minimum Gasteiger partial charge on any atom is -0.391 e. The van der Waals surface area contributed by atoms with Crippen molar-refractivity contribution in [3.63, 3.8) is 0 Å². The Bertz CT molecular complexity index is 943. The Morgan fingerprint density at radius 1 is 1.06 bits per heavy atom. The van der Waals surface area contributed by atoms with Gasteiger partial charge in [-0.05, 0) is 55.9 Å². The fourth-order valence-electron chi connectivity index (χ4n) is 2.97. The van der Waals surface area contributed by atoms with Gasteiger partial charge in [-0.3, -0.25) is 14.5 Å². The molecule has 0 spiro atoms. The summed E-state index contributed by atoms with van der Waals surface area (Å²) in [7, 11) is 3.74. The number of methoxy groups -OCH3 is 1. The van der Waals surface area contributed by atoms with Gasteiger partial charge in [-0.25, -0.2) is 0 Å². The van der Waals surface area contributed by atoms with E-state index < -0.39 is 30.4 Å². The number of amides is 1. The third-order valence-electron chi connectivity index (χ3n) is 4.85. The second-order valence-electron chi connectivity index (χ2n) is 7.57. The number of ketones is 1. The lowest BCUT2D eigenvalue weighted by Crippen LogP contribution is -2.48. The molecule has 0 aliphatic rings. The van der Waals surface area contributed by atoms with Gasteiger partial charge in [-0.15, -0.1) is 0 Å². The van der Waals surface area contributed by atoms with Gasteiger partial charge in [-0.1, -0.05) is 24.0 Å². The van der Waals surface area contributed by atoms with Crippen LogP contribution in [0.5, 0.6) is 0 Å². The van der Waals surface area contributed by atoms with Crippen LogP contribution in [-0.2, 0) is 16.1 Å². The number of nitrogens with zero attached hydrogens (tertiary/aromatic N) is 1. The summed E-state index contributed by atoms with van der Waals surface area (Å²) in [5.41, 5.74) is 3.15. The van der Waals surface area contributed by atoms with Crippen LogP contribution in [0.4, 0.5) is 0 Å². The van der Waals surface area contributed by atoms with Crippen molar-refractivity contribution < 1.29 is 24.5 Å². The van der Waals surface area contributed by atoms with Gasteiger partial charge in [0.2, 0.25) is 0 Å². The molecule has 0 heterocycles. The molecule has 0 aliphatic heterocycles. The first-order chi connectivity index (χ1) is 15.3. The van der Waals surface area contributed by atoms with Crippen molar-refractivity contribution in [3.05, 3.63) is 70.8 Å². The summed E-state index contributed by atoms with van der Waals surface area (Å²) < 4.78 is 5.09. The minimum absolute atomic E-state index is 0.328. The number of benzene rings is 2. The monoisotopic (exact) mass is 438 g/mol. The van der Waals surface area contributed by atoms with E-state index in [2.05, 4.69) is 22.1 Å². The van der Waals surface area contributed by atoms with Crippen molar-refractivity contribution in [2.75, 3.05) is 33.9 Å². The Labute approximate surface area is 189 Å². The molecule has 2 aromatic rings. The molecule has 2 aromatic carbocycles. The van der Waals surface area contributed by atoms with Crippen LogP contribution in [0.25, 0.3) is 0 Å². The largest absolute Gasteiger partial charge is 0.391 e. The number of hydrogen-bond acceptors (Lipinski definition) is 6. The molecule has 0 aliphatic carbocycles. The number of aliphatic hydroxyl groups excluding tert-OH is 2. The van der Waals surface area contributed by atoms with Crippen LogP contribution in [0.2, 0.25) is 0 Å². The predicted octanol–water partition coefficient (Wildman–Crippen LogP) is 1.21. The van der Waals surface area contributed by atoms with Gasteiger partial charge in [0.1, 0.15) is 12.6 Å². The lowest BCUT2D eigenvalue weighted by molar-refractivity contribution is -0.125. The number of likely N-dealkylation sites (N-methyl/N-ethyl adjacent to an activating group) is 1. The standard InChI is InChI=1S/C25H30N2O5/c1-18(29)24(23(30)17-28)26-25(31)22-12-10-20(11-13-22)5-4-19-6-8-21(9-7-19)16-27(2)14-15-32-3/h6-13,18,24,28-29H,14-17H2,1-3H3,(H,26,31)/t18-,24+/m1/s1. The Morgan fingerprint density at radius 2 is 1.62 bits per heavy atom. The van der Waals surface area contributed by atoms with E-state index in [9.17, 15) is 14.7 Å². The first-order valence-corrected chi connectivity index (χ1v) is 10.3. The van der Waals surface area contributed by atoms with Crippen LogP contribution < -0.4 is 5.32 Å². The van der Waals surface area contributed by atoms with Crippen LogP contribution in [0.15, 0.2) is 48.5 Å². The van der Waals surface area contributed by atoms with Crippen LogP contribution in [0, 0.1) is 11.8 Å². The molecule has 170 valence electrons. The van der Waals surface area contributed by atoms with Crippen molar-refractivity contribution in [3.8, 4) is 11.8 Å². The summed E-state index contributed by atoms with van der Waals surface area (Å²) in [6, 6.07) is 13.5. The molecular weight excluding hydrogens is 408 g/mol. The summed E-state index contributed by atoms with van der Waals surface area (Å²) in [5, 5.41) is 21.1. The summed E-state index contributed by atoms with van der Waals surface area (Å²) in [6.45, 7) is 3.02. The Hall–Kier alpha value is -3.02. The van der Waals surface area contributed by atoms with Gasteiger partial charge in [-0.2, -0.15) is 0 Å². The quantitative estimate of drug-likeness (QED) is 0.482. The highest BCUT2D eigenvalue weighted by atomic mass is 16.5. The second-order valence-corrected chi connectivity index (χ2v) is 7.57. The van der Waals surface area contributed by atoms with Crippen molar-refractivity contribution in [2.45, 2.75) is 25.6 Å². The maximum Gasteiger partial charge on any atom is 0.251 e. The number of nitrogens with one attached hydrogen (secondary N) is 1. The van der Waals surface area contributed by atoms with Gasteiger partial charge >= 0.3 is 0 Å². The van der Waals surface area contributed by atoms with E-state index in [1.807, 2.05) is 31.3 Å². The highest BCUT2D eigenvalue weighted by Crippen LogP contribution is 2.08. The van der Waals surface area contributed by atoms with E-state index in [-0.39, 0.29) is 0 Å². The van der Waals surface area contributed by atoms with Crippen molar-refractivity contribution in [1.82, 2.24) is 10.2 Å². The smallest absolute Gasteiger partial charge is 0.251 e. The molecule has 2 rings (SSSR count). The summed E-state index contributed by atoms with van der Waals surface area (Å²) in [4.78, 5) is 26.2. The number of Topliss-reactive ketones (excluding diaryl/α,β-unsaturated/α-hetero) is 1. The highest BCUT2D eigenvalue weighted by Gasteiger charge is 2.25. The van der Waals surface area contributed by atoms with Gasteiger partial charge in [0.25, 0.3) is 5.91 Å². The average Bonchev–Trinajstić information content (AvgIpc) is 2.80. The molecule has 2 atom stereocenters. The summed E-state index contributed by atoms with van der Waals surface area (Å²) >= 11 is 0. The molecular formula is C25H30N2O5. The van der Waals surface area contributed by atoms with E-state index in [4.69, 9.17) is 9.84 Å². The first-order valence-electron chi connectivity index (χ1n) is 10.3. The molecule has 32 heavy (non-hydrogen) atoms. The molecule has 0 aromatic heterocycles. The van der Waals surface area contributed by atoms with Crippen molar-refractivity contribution >= 4 is 11.7 Å². The van der Waals surface area contributed by atoms with Gasteiger partial charge in [0.05, 0.1) is 12.7 Å². The maximum atomic E-state index is 12.3. The van der Waals surface area contributed by atoms with Crippen LogP contribution in [-0.4, -0.2) is 72.9 Å². The molecule has 7 heteroatoms. The number of rotatable bonds is 10. The number of carbonyl (C=O) groups is 2. The van der Waals surface area contributed by atoms with Gasteiger partial charge in [0.15, 0.2) is 5.78 Å². The summed E-state index contributed by atoms with van der Waals surface area (Å²) in [5.74, 6) is 5.01. The van der Waals surface area contributed by atoms with E-state index in [1.54, 1.807) is 31.4 Å². The lowest BCUT2D eigenvalue weighted by Gasteiger charge is -2.19. The van der Waals surface area contributed by atoms with Gasteiger partial charge < -0.3 is 20.3 Å². The molecule has 0 radical (unpaired) electrons. The van der Waals surface area contributed by atoms with E-state index in [0.717, 1.165) is 24.2 Å². The SMILES string of the molecule is COCCN(C)Cc1ccc(C#Cc2ccc(C(=O)N[C@H](C(=O)CO)[C@@H](C)O)cc2)cc1. The first kappa shape index (κ1) is 25.2. The van der Waals surface area contributed by atoms with E-state index in [1.165, 1.54) is 12.5 Å². The zero-order valence-electron chi connectivity index (χ0n) is 18.7. The Morgan fingerprint density at radius 3 is 2.12 bits per heavy atom. The third-order valence-corrected chi connectivity index (χ3v) is 4.85. The lowest BCUT2D eigenvalue weighted by atomic mass is 10.1. The zero-order valence-corrected chi connectivity index (χ0v) is 18.7. The zero-order chi connectivity index (χ0) is 23.5. The fraction of sp³-hybridized carbons (Fsp3) is 0.360. The molecule has 0 fully saturated rings. The molecule has 0 saturated heterocycles. The number of hydrogen-bond donors (Lipinski definition) is 3. The molecule has 3 N–H and O–H groups in total. The minimum atomic E-state index is -1.16. The van der Waals surface area contributed by atoms with Crippen molar-refractivity contribution in [2.24, 2.45) is 0 Å². The fourth-order valence-corrected chi connectivity index (χ4v) is 2.97. The molecule has 0 saturated carbocycles. The number of ether oxygens (including phenoxy) is 1.